The Labute approximate surface area is 175 Å². The van der Waals surface area contributed by atoms with Crippen LogP contribution in [0.5, 0.6) is 5.75 Å². The topological polar surface area (TPSA) is 74.8 Å². The maximum Gasteiger partial charge on any atom is 0.387 e. The van der Waals surface area contributed by atoms with Crippen LogP contribution >= 0.6 is 0 Å². The highest BCUT2D eigenvalue weighted by atomic mass is 19.3. The molecule has 0 aromatic heterocycles. The molecule has 0 radical (unpaired) electrons. The lowest BCUT2D eigenvalue weighted by molar-refractivity contribution is -0.0504. The van der Waals surface area contributed by atoms with E-state index in [0.29, 0.717) is 36.7 Å². The number of ether oxygens (including phenoxy) is 1. The van der Waals surface area contributed by atoms with E-state index in [9.17, 15) is 13.6 Å². The lowest BCUT2D eigenvalue weighted by Crippen LogP contribution is -2.36. The first-order valence-electron chi connectivity index (χ1n) is 9.86. The minimum absolute atomic E-state index is 0.109. The van der Waals surface area contributed by atoms with Crippen molar-refractivity contribution in [1.82, 2.24) is 16.0 Å². The van der Waals surface area contributed by atoms with Crippen LogP contribution in [0.1, 0.15) is 40.9 Å². The smallest absolute Gasteiger partial charge is 0.387 e. The second-order valence-corrected chi connectivity index (χ2v) is 6.59. The number of nitrogens with zero attached hydrogens (tertiary/aromatic N) is 1. The first kappa shape index (κ1) is 23.1. The summed E-state index contributed by atoms with van der Waals surface area (Å²) in [5.74, 6) is 0.581. The van der Waals surface area contributed by atoms with Gasteiger partial charge in [-0.25, -0.2) is 4.99 Å². The van der Waals surface area contributed by atoms with Gasteiger partial charge in [-0.15, -0.1) is 0 Å². The molecule has 2 rings (SSSR count). The van der Waals surface area contributed by atoms with Crippen molar-refractivity contribution in [2.24, 2.45) is 4.99 Å². The lowest BCUT2D eigenvalue weighted by atomic mass is 10.1. The number of hydrogen-bond acceptors (Lipinski definition) is 3. The van der Waals surface area contributed by atoms with Crippen molar-refractivity contribution in [2.75, 3.05) is 13.1 Å². The summed E-state index contributed by atoms with van der Waals surface area (Å²) < 4.78 is 29.9. The largest absolute Gasteiger partial charge is 0.434 e. The van der Waals surface area contributed by atoms with Crippen molar-refractivity contribution < 1.29 is 18.3 Å². The van der Waals surface area contributed by atoms with E-state index >= 15 is 0 Å². The molecule has 0 fully saturated rings. The Kier molecular flexibility index (Phi) is 9.05. The van der Waals surface area contributed by atoms with Gasteiger partial charge in [0, 0.05) is 30.8 Å². The number of benzene rings is 2. The Balaban J connectivity index is 2.05. The summed E-state index contributed by atoms with van der Waals surface area (Å²) in [6.07, 6.45) is 0. The molecule has 0 bridgehead atoms. The van der Waals surface area contributed by atoms with Gasteiger partial charge < -0.3 is 20.7 Å². The summed E-state index contributed by atoms with van der Waals surface area (Å²) in [7, 11) is 0. The maximum absolute atomic E-state index is 12.6. The Morgan fingerprint density at radius 2 is 1.73 bits per heavy atom. The van der Waals surface area contributed by atoms with E-state index in [4.69, 9.17) is 0 Å². The molecule has 30 heavy (non-hydrogen) atoms. The summed E-state index contributed by atoms with van der Waals surface area (Å²) in [5, 5.41) is 9.03. The van der Waals surface area contributed by atoms with E-state index in [-0.39, 0.29) is 18.2 Å². The molecule has 0 aliphatic rings. The molecule has 3 N–H and O–H groups in total. The van der Waals surface area contributed by atoms with Crippen LogP contribution in [-0.4, -0.2) is 31.6 Å². The van der Waals surface area contributed by atoms with Crippen LogP contribution in [0.15, 0.2) is 47.5 Å². The van der Waals surface area contributed by atoms with E-state index in [1.165, 1.54) is 0 Å². The highest BCUT2D eigenvalue weighted by Crippen LogP contribution is 2.22. The minimum Gasteiger partial charge on any atom is -0.434 e. The number of alkyl halides is 2. The molecule has 0 atom stereocenters. The predicted octanol–water partition coefficient (Wildman–Crippen LogP) is 3.60. The Morgan fingerprint density at radius 3 is 2.37 bits per heavy atom. The van der Waals surface area contributed by atoms with Crippen LogP contribution in [0.3, 0.4) is 0 Å². The number of nitrogens with one attached hydrogen (secondary N) is 3. The predicted molar refractivity (Wildman–Crippen MR) is 114 cm³/mol. The van der Waals surface area contributed by atoms with Gasteiger partial charge in [-0.2, -0.15) is 8.78 Å². The quantitative estimate of drug-likeness (QED) is 0.430. The van der Waals surface area contributed by atoms with Crippen LogP contribution in [0.2, 0.25) is 0 Å². The number of guanidine groups is 1. The van der Waals surface area contributed by atoms with E-state index in [1.807, 2.05) is 32.9 Å². The molecule has 0 aliphatic heterocycles. The number of rotatable bonds is 9. The number of aryl methyl sites for hydroxylation is 1. The molecule has 2 aromatic carbocycles. The van der Waals surface area contributed by atoms with Crippen molar-refractivity contribution in [2.45, 2.75) is 40.5 Å². The van der Waals surface area contributed by atoms with Gasteiger partial charge in [0.25, 0.3) is 5.91 Å². The second-order valence-electron chi connectivity index (χ2n) is 6.59. The zero-order valence-corrected chi connectivity index (χ0v) is 17.5. The van der Waals surface area contributed by atoms with Crippen LogP contribution < -0.4 is 20.7 Å². The Bertz CT molecular complexity index is 855. The standard InChI is InChI=1S/C22H28F2N4O2/c1-4-25-20(29)17-9-7-16(8-10-17)13-27-22(26-5-2)28-14-18-12-15(3)6-11-19(18)30-21(23)24/h6-12,21H,4-5,13-14H2,1-3H3,(H,25,29)(H2,26,27,28). The third-order valence-electron chi connectivity index (χ3n) is 4.20. The highest BCUT2D eigenvalue weighted by molar-refractivity contribution is 5.94. The normalized spacial score (nSPS) is 11.3. The number of aliphatic imine (C=N–C) groups is 1. The van der Waals surface area contributed by atoms with Crippen molar-refractivity contribution in [1.29, 1.82) is 0 Å². The SMILES string of the molecule is CCNC(=O)c1ccc(CN=C(NCC)NCc2cc(C)ccc2OC(F)F)cc1. The Hall–Kier alpha value is -3.16. The monoisotopic (exact) mass is 418 g/mol. The number of amides is 1. The fourth-order valence-corrected chi connectivity index (χ4v) is 2.77. The summed E-state index contributed by atoms with van der Waals surface area (Å²) in [6, 6.07) is 12.3. The number of carbonyl (C=O) groups is 1. The van der Waals surface area contributed by atoms with Gasteiger partial charge >= 0.3 is 6.61 Å². The van der Waals surface area contributed by atoms with Crippen LogP contribution in [0.25, 0.3) is 0 Å². The van der Waals surface area contributed by atoms with Gasteiger partial charge in [0.05, 0.1) is 6.54 Å². The van der Waals surface area contributed by atoms with E-state index < -0.39 is 6.61 Å². The van der Waals surface area contributed by atoms with Crippen LogP contribution in [0, 0.1) is 6.92 Å². The van der Waals surface area contributed by atoms with E-state index in [0.717, 1.165) is 11.1 Å². The fraction of sp³-hybridized carbons (Fsp3) is 0.364. The molecule has 0 spiro atoms. The molecule has 0 heterocycles. The van der Waals surface area contributed by atoms with Gasteiger partial charge in [-0.05, 0) is 44.5 Å². The molecule has 0 aliphatic carbocycles. The van der Waals surface area contributed by atoms with Crippen LogP contribution in [-0.2, 0) is 13.1 Å². The number of halogens is 2. The first-order chi connectivity index (χ1) is 14.4. The number of hydrogen-bond donors (Lipinski definition) is 3. The van der Waals surface area contributed by atoms with Crippen molar-refractivity contribution in [3.05, 3.63) is 64.7 Å². The molecule has 0 saturated heterocycles. The molecule has 162 valence electrons. The van der Waals surface area contributed by atoms with Gasteiger partial charge in [-0.3, -0.25) is 4.79 Å². The first-order valence-corrected chi connectivity index (χ1v) is 9.86. The zero-order valence-electron chi connectivity index (χ0n) is 17.5. The Morgan fingerprint density at radius 1 is 1.03 bits per heavy atom. The van der Waals surface area contributed by atoms with E-state index in [1.54, 1.807) is 30.3 Å². The van der Waals surface area contributed by atoms with Gasteiger partial charge in [0.15, 0.2) is 5.96 Å². The highest BCUT2D eigenvalue weighted by Gasteiger charge is 2.10. The molecule has 2 aromatic rings. The molecule has 0 saturated carbocycles. The number of carbonyl (C=O) groups excluding carboxylic acids is 1. The van der Waals surface area contributed by atoms with Crippen molar-refractivity contribution in [3.8, 4) is 5.75 Å². The van der Waals surface area contributed by atoms with Gasteiger partial charge in [-0.1, -0.05) is 29.8 Å². The summed E-state index contributed by atoms with van der Waals surface area (Å²) >= 11 is 0. The second kappa shape index (κ2) is 11.7. The molecule has 1 amide bonds. The lowest BCUT2D eigenvalue weighted by Gasteiger charge is -2.15. The van der Waals surface area contributed by atoms with Gasteiger partial charge in [0.1, 0.15) is 5.75 Å². The molecule has 0 unspecified atom stereocenters. The fourth-order valence-electron chi connectivity index (χ4n) is 2.77. The molecular formula is C22H28F2N4O2. The van der Waals surface area contributed by atoms with Crippen molar-refractivity contribution >= 4 is 11.9 Å². The third-order valence-corrected chi connectivity index (χ3v) is 4.20. The average Bonchev–Trinajstić information content (AvgIpc) is 2.72. The molecular weight excluding hydrogens is 390 g/mol. The average molecular weight is 418 g/mol. The molecule has 8 heteroatoms. The van der Waals surface area contributed by atoms with E-state index in [2.05, 4.69) is 25.7 Å². The summed E-state index contributed by atoms with van der Waals surface area (Å²) in [4.78, 5) is 16.4. The third kappa shape index (κ3) is 7.35. The minimum atomic E-state index is -2.88. The van der Waals surface area contributed by atoms with Crippen LogP contribution in [0.4, 0.5) is 8.78 Å². The zero-order chi connectivity index (χ0) is 21.9. The summed E-state index contributed by atoms with van der Waals surface area (Å²) in [6.45, 7) is 4.73. The maximum atomic E-state index is 12.6. The van der Waals surface area contributed by atoms with Gasteiger partial charge in [0.2, 0.25) is 0 Å². The van der Waals surface area contributed by atoms with Crippen molar-refractivity contribution in [3.63, 3.8) is 0 Å². The molecule has 6 nitrogen and oxygen atoms in total. The summed E-state index contributed by atoms with van der Waals surface area (Å²) in [5.41, 5.74) is 3.10.